The van der Waals surface area contributed by atoms with Crippen LogP contribution in [-0.4, -0.2) is 50.3 Å². The third kappa shape index (κ3) is 4.27. The molecule has 1 heterocycles. The van der Waals surface area contributed by atoms with Crippen LogP contribution < -0.4 is 0 Å². The van der Waals surface area contributed by atoms with Crippen molar-refractivity contribution in [2.75, 3.05) is 34.2 Å². The lowest BCUT2D eigenvalue weighted by Gasteiger charge is -2.17. The second-order valence-electron chi connectivity index (χ2n) is 3.96. The maximum atomic E-state index is 10.4. The van der Waals surface area contributed by atoms with Crippen molar-refractivity contribution in [2.24, 2.45) is 0 Å². The second kappa shape index (κ2) is 5.68. The first-order valence-corrected chi connectivity index (χ1v) is 4.99. The third-order valence-electron chi connectivity index (χ3n) is 2.15. The summed E-state index contributed by atoms with van der Waals surface area (Å²) >= 11 is 0. The molecule has 0 saturated heterocycles. The van der Waals surface area contributed by atoms with Gasteiger partial charge in [0, 0.05) is 13.1 Å². The van der Waals surface area contributed by atoms with Crippen LogP contribution in [0.4, 0.5) is 0 Å². The number of rotatable bonds is 6. The third-order valence-corrected chi connectivity index (χ3v) is 2.15. The summed E-state index contributed by atoms with van der Waals surface area (Å²) in [6.45, 7) is 2.73. The Bertz CT molecular complexity index is 307. The molecule has 0 aliphatic carbocycles. The van der Waals surface area contributed by atoms with Crippen molar-refractivity contribution in [1.82, 2.24) is 9.80 Å². The molecule has 0 saturated carbocycles. The lowest BCUT2D eigenvalue weighted by atomic mass is 10.4. The molecule has 0 spiro atoms. The van der Waals surface area contributed by atoms with E-state index in [-0.39, 0.29) is 0 Å². The predicted octanol–water partition coefficient (Wildman–Crippen LogP) is 1.09. The van der Waals surface area contributed by atoms with E-state index in [0.29, 0.717) is 5.76 Å². The molecule has 0 atom stereocenters. The molecule has 1 aromatic heterocycles. The average molecular weight is 210 g/mol. The van der Waals surface area contributed by atoms with E-state index in [1.807, 2.05) is 27.2 Å². The van der Waals surface area contributed by atoms with Crippen LogP contribution in [0, 0.1) is 0 Å². The molecule has 1 aromatic rings. The van der Waals surface area contributed by atoms with E-state index in [1.165, 1.54) is 0 Å². The number of hydrogen-bond donors (Lipinski definition) is 0. The van der Waals surface area contributed by atoms with Gasteiger partial charge < -0.3 is 9.32 Å². The first-order valence-electron chi connectivity index (χ1n) is 4.99. The molecule has 0 aliphatic rings. The molecule has 0 radical (unpaired) electrons. The van der Waals surface area contributed by atoms with Crippen LogP contribution in [0.3, 0.4) is 0 Å². The summed E-state index contributed by atoms with van der Waals surface area (Å²) in [6.07, 6.45) is 0.726. The summed E-state index contributed by atoms with van der Waals surface area (Å²) in [6, 6.07) is 3.54. The Labute approximate surface area is 90.5 Å². The van der Waals surface area contributed by atoms with Crippen LogP contribution in [0.1, 0.15) is 16.3 Å². The van der Waals surface area contributed by atoms with E-state index in [4.69, 9.17) is 4.42 Å². The van der Waals surface area contributed by atoms with Gasteiger partial charge in [-0.3, -0.25) is 9.69 Å². The Kier molecular flexibility index (Phi) is 4.52. The van der Waals surface area contributed by atoms with Crippen LogP contribution in [0.2, 0.25) is 0 Å². The highest BCUT2D eigenvalue weighted by Crippen LogP contribution is 2.07. The fourth-order valence-corrected chi connectivity index (χ4v) is 1.26. The van der Waals surface area contributed by atoms with E-state index in [9.17, 15) is 4.79 Å². The molecule has 0 bridgehead atoms. The number of furan rings is 1. The van der Waals surface area contributed by atoms with Gasteiger partial charge in [-0.1, -0.05) is 0 Å². The summed E-state index contributed by atoms with van der Waals surface area (Å²) in [5.74, 6) is 1.23. The van der Waals surface area contributed by atoms with Crippen LogP contribution in [0.15, 0.2) is 16.5 Å². The van der Waals surface area contributed by atoms with E-state index >= 15 is 0 Å². The Morgan fingerprint density at radius 2 is 2.00 bits per heavy atom. The van der Waals surface area contributed by atoms with Gasteiger partial charge in [-0.05, 0) is 33.3 Å². The minimum Gasteiger partial charge on any atom is -0.457 e. The number of aldehydes is 1. The van der Waals surface area contributed by atoms with Crippen molar-refractivity contribution in [3.63, 3.8) is 0 Å². The van der Waals surface area contributed by atoms with E-state index in [2.05, 4.69) is 9.80 Å². The Morgan fingerprint density at radius 3 is 2.53 bits per heavy atom. The zero-order chi connectivity index (χ0) is 11.3. The Balaban J connectivity index is 2.37. The molecule has 84 valence electrons. The van der Waals surface area contributed by atoms with Crippen molar-refractivity contribution >= 4 is 6.29 Å². The predicted molar refractivity (Wildman–Crippen MR) is 59.0 cm³/mol. The van der Waals surface area contributed by atoms with Crippen LogP contribution in [-0.2, 0) is 6.54 Å². The van der Waals surface area contributed by atoms with Crippen LogP contribution in [0.5, 0.6) is 0 Å². The van der Waals surface area contributed by atoms with Gasteiger partial charge >= 0.3 is 0 Å². The van der Waals surface area contributed by atoms with Gasteiger partial charge in [0.25, 0.3) is 0 Å². The number of hydrogen-bond acceptors (Lipinski definition) is 4. The molecular weight excluding hydrogens is 192 g/mol. The SMILES string of the molecule is CN(C)CCN(C)Cc1ccc(C=O)o1. The number of likely N-dealkylation sites (N-methyl/N-ethyl adjacent to an activating group) is 2. The maximum Gasteiger partial charge on any atom is 0.185 e. The molecule has 4 nitrogen and oxygen atoms in total. The largest absolute Gasteiger partial charge is 0.457 e. The van der Waals surface area contributed by atoms with Gasteiger partial charge in [0.05, 0.1) is 6.54 Å². The summed E-state index contributed by atoms with van der Waals surface area (Å²) in [5.41, 5.74) is 0. The second-order valence-corrected chi connectivity index (χ2v) is 3.96. The molecule has 0 fully saturated rings. The highest BCUT2D eigenvalue weighted by atomic mass is 16.3. The molecule has 0 aliphatic heterocycles. The minimum absolute atomic E-state index is 0.394. The van der Waals surface area contributed by atoms with Gasteiger partial charge in [-0.25, -0.2) is 0 Å². The van der Waals surface area contributed by atoms with Crippen molar-refractivity contribution in [3.05, 3.63) is 23.7 Å². The lowest BCUT2D eigenvalue weighted by Crippen LogP contribution is -2.28. The molecule has 0 aromatic carbocycles. The first-order chi connectivity index (χ1) is 7.11. The number of carbonyl (C=O) groups is 1. The number of carbonyl (C=O) groups excluding carboxylic acids is 1. The molecular formula is C11H18N2O2. The maximum absolute atomic E-state index is 10.4. The molecule has 15 heavy (non-hydrogen) atoms. The quantitative estimate of drug-likeness (QED) is 0.658. The minimum atomic E-state index is 0.394. The lowest BCUT2D eigenvalue weighted by molar-refractivity contribution is 0.109. The fraction of sp³-hybridized carbons (Fsp3) is 0.545. The van der Waals surface area contributed by atoms with E-state index in [0.717, 1.165) is 31.7 Å². The Morgan fingerprint density at radius 1 is 1.27 bits per heavy atom. The topological polar surface area (TPSA) is 36.7 Å². The monoisotopic (exact) mass is 210 g/mol. The average Bonchev–Trinajstić information content (AvgIpc) is 2.62. The smallest absolute Gasteiger partial charge is 0.185 e. The van der Waals surface area contributed by atoms with E-state index < -0.39 is 0 Å². The van der Waals surface area contributed by atoms with Gasteiger partial charge in [-0.15, -0.1) is 0 Å². The number of nitrogens with zero attached hydrogens (tertiary/aromatic N) is 2. The molecule has 0 unspecified atom stereocenters. The Hall–Kier alpha value is -1.13. The fourth-order valence-electron chi connectivity index (χ4n) is 1.26. The van der Waals surface area contributed by atoms with Crippen molar-refractivity contribution in [2.45, 2.75) is 6.54 Å². The molecule has 4 heteroatoms. The summed E-state index contributed by atoms with van der Waals surface area (Å²) in [7, 11) is 6.13. The highest BCUT2D eigenvalue weighted by molar-refractivity contribution is 5.70. The van der Waals surface area contributed by atoms with Gasteiger partial charge in [0.2, 0.25) is 0 Å². The molecule has 0 amide bonds. The molecule has 0 N–H and O–H groups in total. The normalized spacial score (nSPS) is 11.3. The summed E-state index contributed by atoms with van der Waals surface area (Å²) < 4.78 is 5.29. The van der Waals surface area contributed by atoms with Crippen molar-refractivity contribution in [3.8, 4) is 0 Å². The summed E-state index contributed by atoms with van der Waals surface area (Å²) in [4.78, 5) is 14.7. The summed E-state index contributed by atoms with van der Waals surface area (Å²) in [5, 5.41) is 0. The van der Waals surface area contributed by atoms with Gasteiger partial charge in [-0.2, -0.15) is 0 Å². The zero-order valence-corrected chi connectivity index (χ0v) is 9.56. The van der Waals surface area contributed by atoms with Crippen molar-refractivity contribution in [1.29, 1.82) is 0 Å². The van der Waals surface area contributed by atoms with Crippen LogP contribution >= 0.6 is 0 Å². The van der Waals surface area contributed by atoms with Crippen molar-refractivity contribution < 1.29 is 9.21 Å². The van der Waals surface area contributed by atoms with Gasteiger partial charge in [0.15, 0.2) is 12.0 Å². The zero-order valence-electron chi connectivity index (χ0n) is 9.56. The first kappa shape index (κ1) is 11.9. The van der Waals surface area contributed by atoms with Gasteiger partial charge in [0.1, 0.15) is 5.76 Å². The van der Waals surface area contributed by atoms with E-state index in [1.54, 1.807) is 6.07 Å². The molecule has 1 rings (SSSR count). The van der Waals surface area contributed by atoms with Crippen LogP contribution in [0.25, 0.3) is 0 Å². The highest BCUT2D eigenvalue weighted by Gasteiger charge is 2.05. The standard InChI is InChI=1S/C11H18N2O2/c1-12(2)6-7-13(3)8-10-4-5-11(9-14)15-10/h4-5,9H,6-8H2,1-3H3.